The molecule has 0 aliphatic carbocycles. The second kappa shape index (κ2) is 4.55. The van der Waals surface area contributed by atoms with Gasteiger partial charge in [-0.1, -0.05) is 53.2 Å². The summed E-state index contributed by atoms with van der Waals surface area (Å²) >= 11 is 3.55. The van der Waals surface area contributed by atoms with E-state index in [2.05, 4.69) is 47.1 Å². The smallest absolute Gasteiger partial charge is 0.0186 e. The summed E-state index contributed by atoms with van der Waals surface area (Å²) in [6.07, 6.45) is 2.01. The molecule has 1 radical (unpaired) electrons. The number of hydrogen-bond acceptors (Lipinski definition) is 0. The zero-order valence-corrected chi connectivity index (χ0v) is 8.05. The maximum Gasteiger partial charge on any atom is 0.0186 e. The van der Waals surface area contributed by atoms with E-state index in [1.807, 2.05) is 6.07 Å². The summed E-state index contributed by atoms with van der Waals surface area (Å²) in [6, 6.07) is 10.5. The standard InChI is InChI=1S/C10H12Br/c1-2-10(11)8-9-6-4-3-5-7-9/h3-7,10H,1-2,8H2. The van der Waals surface area contributed by atoms with Crippen LogP contribution < -0.4 is 0 Å². The average Bonchev–Trinajstić information content (AvgIpc) is 2.06. The van der Waals surface area contributed by atoms with Crippen molar-refractivity contribution in [1.29, 1.82) is 0 Å². The Hall–Kier alpha value is -0.300. The Kier molecular flexibility index (Phi) is 3.64. The Morgan fingerprint density at radius 2 is 1.91 bits per heavy atom. The lowest BCUT2D eigenvalue weighted by molar-refractivity contribution is 0.878. The zero-order chi connectivity index (χ0) is 8.10. The quantitative estimate of drug-likeness (QED) is 0.675. The monoisotopic (exact) mass is 211 g/mol. The van der Waals surface area contributed by atoms with Crippen molar-refractivity contribution in [2.45, 2.75) is 17.7 Å². The van der Waals surface area contributed by atoms with Crippen molar-refractivity contribution in [3.05, 3.63) is 42.8 Å². The number of benzene rings is 1. The van der Waals surface area contributed by atoms with Crippen LogP contribution in [0.25, 0.3) is 0 Å². The highest BCUT2D eigenvalue weighted by molar-refractivity contribution is 9.09. The van der Waals surface area contributed by atoms with Crippen LogP contribution in [-0.4, -0.2) is 4.83 Å². The number of rotatable bonds is 3. The van der Waals surface area contributed by atoms with Crippen molar-refractivity contribution in [3.63, 3.8) is 0 Å². The average molecular weight is 212 g/mol. The molecule has 0 bridgehead atoms. The van der Waals surface area contributed by atoms with Gasteiger partial charge in [-0.3, -0.25) is 0 Å². The summed E-state index contributed by atoms with van der Waals surface area (Å²) in [5, 5.41) is 0. The van der Waals surface area contributed by atoms with Gasteiger partial charge in [0.2, 0.25) is 0 Å². The van der Waals surface area contributed by atoms with Gasteiger partial charge in [0.1, 0.15) is 0 Å². The molecule has 11 heavy (non-hydrogen) atoms. The predicted molar refractivity (Wildman–Crippen MR) is 52.8 cm³/mol. The molecule has 0 heterocycles. The fourth-order valence-corrected chi connectivity index (χ4v) is 1.35. The molecule has 59 valence electrons. The van der Waals surface area contributed by atoms with Crippen LogP contribution in [0.5, 0.6) is 0 Å². The third-order valence-electron chi connectivity index (χ3n) is 1.61. The van der Waals surface area contributed by atoms with Crippen LogP contribution in [-0.2, 0) is 6.42 Å². The molecule has 0 N–H and O–H groups in total. The number of halogens is 1. The van der Waals surface area contributed by atoms with Crippen molar-refractivity contribution in [3.8, 4) is 0 Å². The van der Waals surface area contributed by atoms with Crippen LogP contribution in [0, 0.1) is 6.92 Å². The highest BCUT2D eigenvalue weighted by Crippen LogP contribution is 2.11. The maximum atomic E-state index is 3.83. The van der Waals surface area contributed by atoms with Gasteiger partial charge in [0, 0.05) is 4.83 Å². The van der Waals surface area contributed by atoms with Gasteiger partial charge >= 0.3 is 0 Å². The Bertz CT molecular complexity index is 193. The second-order valence-electron chi connectivity index (χ2n) is 2.58. The van der Waals surface area contributed by atoms with Crippen molar-refractivity contribution in [1.82, 2.24) is 0 Å². The van der Waals surface area contributed by atoms with E-state index >= 15 is 0 Å². The third kappa shape index (κ3) is 3.06. The first-order valence-electron chi connectivity index (χ1n) is 3.80. The van der Waals surface area contributed by atoms with E-state index in [0.29, 0.717) is 4.83 Å². The molecule has 0 amide bonds. The summed E-state index contributed by atoms with van der Waals surface area (Å²) < 4.78 is 0. The molecule has 0 aliphatic rings. The molecule has 0 saturated heterocycles. The normalized spacial score (nSPS) is 12.9. The molecule has 0 spiro atoms. The zero-order valence-electron chi connectivity index (χ0n) is 6.46. The van der Waals surface area contributed by atoms with Gasteiger partial charge in [-0.25, -0.2) is 0 Å². The third-order valence-corrected chi connectivity index (χ3v) is 2.39. The molecule has 0 saturated carbocycles. The Balaban J connectivity index is 2.51. The fraction of sp³-hybridized carbons (Fsp3) is 0.300. The minimum Gasteiger partial charge on any atom is -0.0887 e. The van der Waals surface area contributed by atoms with Crippen molar-refractivity contribution in [2.24, 2.45) is 0 Å². The second-order valence-corrected chi connectivity index (χ2v) is 3.87. The van der Waals surface area contributed by atoms with Gasteiger partial charge in [-0.15, -0.1) is 0 Å². The molecule has 0 aromatic heterocycles. The van der Waals surface area contributed by atoms with E-state index in [-0.39, 0.29) is 0 Å². The van der Waals surface area contributed by atoms with Crippen LogP contribution in [0.2, 0.25) is 0 Å². The van der Waals surface area contributed by atoms with Gasteiger partial charge in [0.25, 0.3) is 0 Å². The molecule has 1 aromatic carbocycles. The van der Waals surface area contributed by atoms with E-state index in [1.54, 1.807) is 0 Å². The van der Waals surface area contributed by atoms with Crippen molar-refractivity contribution in [2.75, 3.05) is 0 Å². The van der Waals surface area contributed by atoms with E-state index < -0.39 is 0 Å². The highest BCUT2D eigenvalue weighted by atomic mass is 79.9. The first-order chi connectivity index (χ1) is 5.33. The largest absolute Gasteiger partial charge is 0.0887 e. The first-order valence-corrected chi connectivity index (χ1v) is 4.71. The minimum atomic E-state index is 0.518. The molecule has 1 unspecified atom stereocenters. The van der Waals surface area contributed by atoms with Crippen LogP contribution in [0.15, 0.2) is 30.3 Å². The first kappa shape index (κ1) is 8.79. The van der Waals surface area contributed by atoms with Crippen molar-refractivity contribution < 1.29 is 0 Å². The van der Waals surface area contributed by atoms with Crippen LogP contribution in [0.1, 0.15) is 12.0 Å². The lowest BCUT2D eigenvalue weighted by Crippen LogP contribution is -1.99. The minimum absolute atomic E-state index is 0.518. The van der Waals surface area contributed by atoms with E-state index in [0.717, 1.165) is 12.8 Å². The van der Waals surface area contributed by atoms with E-state index in [4.69, 9.17) is 0 Å². The maximum absolute atomic E-state index is 3.83. The molecule has 1 aromatic rings. The molecule has 0 fully saturated rings. The number of alkyl halides is 1. The van der Waals surface area contributed by atoms with Crippen LogP contribution in [0.4, 0.5) is 0 Å². The SMILES string of the molecule is [CH2]CC(Br)Cc1ccccc1. The summed E-state index contributed by atoms with van der Waals surface area (Å²) in [5.74, 6) is 0. The van der Waals surface area contributed by atoms with Gasteiger partial charge < -0.3 is 0 Å². The Labute approximate surface area is 76.8 Å². The summed E-state index contributed by atoms with van der Waals surface area (Å²) in [7, 11) is 0. The van der Waals surface area contributed by atoms with Gasteiger partial charge in [-0.2, -0.15) is 0 Å². The van der Waals surface area contributed by atoms with Gasteiger partial charge in [0.05, 0.1) is 0 Å². The molecule has 1 rings (SSSR count). The topological polar surface area (TPSA) is 0 Å². The Morgan fingerprint density at radius 1 is 1.27 bits per heavy atom. The lowest BCUT2D eigenvalue weighted by Gasteiger charge is -2.05. The van der Waals surface area contributed by atoms with Crippen LogP contribution >= 0.6 is 15.9 Å². The Morgan fingerprint density at radius 3 is 2.45 bits per heavy atom. The van der Waals surface area contributed by atoms with E-state index in [1.165, 1.54) is 5.56 Å². The van der Waals surface area contributed by atoms with Crippen LogP contribution in [0.3, 0.4) is 0 Å². The molecular formula is C10H12Br. The summed E-state index contributed by atoms with van der Waals surface area (Å²) in [6.45, 7) is 3.83. The van der Waals surface area contributed by atoms with Crippen molar-refractivity contribution >= 4 is 15.9 Å². The molecule has 1 atom stereocenters. The molecule has 0 aliphatic heterocycles. The highest BCUT2D eigenvalue weighted by Gasteiger charge is 2.00. The predicted octanol–water partition coefficient (Wildman–Crippen LogP) is 3.22. The van der Waals surface area contributed by atoms with Gasteiger partial charge in [-0.05, 0) is 18.4 Å². The molecule has 0 nitrogen and oxygen atoms in total. The van der Waals surface area contributed by atoms with Gasteiger partial charge in [0.15, 0.2) is 0 Å². The summed E-state index contributed by atoms with van der Waals surface area (Å²) in [5.41, 5.74) is 1.37. The molecular weight excluding hydrogens is 200 g/mol. The lowest BCUT2D eigenvalue weighted by atomic mass is 10.1. The van der Waals surface area contributed by atoms with E-state index in [9.17, 15) is 0 Å². The number of hydrogen-bond donors (Lipinski definition) is 0. The molecule has 1 heteroatoms. The fourth-order valence-electron chi connectivity index (χ4n) is 0.972. The summed E-state index contributed by atoms with van der Waals surface area (Å²) in [4.78, 5) is 0.518.